The number of aliphatic hydroxyl groups is 1. The van der Waals surface area contributed by atoms with Crippen LogP contribution in [0.25, 0.3) is 0 Å². The van der Waals surface area contributed by atoms with Gasteiger partial charge in [-0.3, -0.25) is 4.79 Å². The van der Waals surface area contributed by atoms with Crippen LogP contribution in [0.15, 0.2) is 30.3 Å². The van der Waals surface area contributed by atoms with E-state index >= 15 is 0 Å². The Labute approximate surface area is 129 Å². The van der Waals surface area contributed by atoms with Crippen LogP contribution >= 0.6 is 27.0 Å². The molecule has 1 aromatic rings. The first-order chi connectivity index (χ1) is 8.15. The number of Topliss-reactive ketones (excluding diaryl/α,β-unsaturated/α-hetero) is 1. The minimum Gasteiger partial charge on any atom is -0.377 e. The Kier molecular flexibility index (Phi) is 7.79. The highest BCUT2D eigenvalue weighted by Crippen LogP contribution is 2.39. The second-order valence-electron chi connectivity index (χ2n) is 5.02. The molecule has 1 saturated carbocycles. The average Bonchev–Trinajstić information content (AvgIpc) is 2.39. The van der Waals surface area contributed by atoms with Crippen molar-refractivity contribution in [2.24, 2.45) is 5.92 Å². The minimum absolute atomic E-state index is 0. The molecule has 1 atom stereocenters. The lowest BCUT2D eigenvalue weighted by atomic mass is 9.71. The zero-order valence-electron chi connectivity index (χ0n) is 11.4. The molecule has 0 saturated heterocycles. The average molecular weight is 300 g/mol. The molecule has 4 heteroatoms. The number of hydrogen-bond acceptors (Lipinski definition) is 2. The summed E-state index contributed by atoms with van der Waals surface area (Å²) in [6.45, 7) is 1.50. The molecule has 2 rings (SSSR count). The SMILES string of the molecule is CC(=O)[C@](O)(c1ccccc1)C1CCCCC1.S.S. The van der Waals surface area contributed by atoms with Crippen LogP contribution in [-0.2, 0) is 10.4 Å². The number of hydrogen-bond donors (Lipinski definition) is 1. The second-order valence-corrected chi connectivity index (χ2v) is 5.02. The molecule has 1 aromatic carbocycles. The topological polar surface area (TPSA) is 37.3 Å². The van der Waals surface area contributed by atoms with E-state index in [1.807, 2.05) is 30.3 Å². The summed E-state index contributed by atoms with van der Waals surface area (Å²) >= 11 is 0. The van der Waals surface area contributed by atoms with E-state index in [0.717, 1.165) is 31.2 Å². The fraction of sp³-hybridized carbons (Fsp3) is 0.533. The zero-order chi connectivity index (χ0) is 12.3. The van der Waals surface area contributed by atoms with Crippen molar-refractivity contribution in [3.8, 4) is 0 Å². The Morgan fingerprint density at radius 1 is 1.11 bits per heavy atom. The molecule has 0 amide bonds. The number of benzene rings is 1. The lowest BCUT2D eigenvalue weighted by Crippen LogP contribution is -2.42. The fourth-order valence-corrected chi connectivity index (χ4v) is 2.94. The van der Waals surface area contributed by atoms with Gasteiger partial charge in [-0.1, -0.05) is 49.6 Å². The first-order valence-corrected chi connectivity index (χ1v) is 6.44. The maximum absolute atomic E-state index is 11.9. The maximum atomic E-state index is 11.9. The summed E-state index contributed by atoms with van der Waals surface area (Å²) in [6.07, 6.45) is 5.36. The highest BCUT2D eigenvalue weighted by molar-refractivity contribution is 7.59. The van der Waals surface area contributed by atoms with Gasteiger partial charge in [-0.15, -0.1) is 0 Å². The summed E-state index contributed by atoms with van der Waals surface area (Å²) < 4.78 is 0. The Morgan fingerprint density at radius 2 is 1.63 bits per heavy atom. The highest BCUT2D eigenvalue weighted by Gasteiger charge is 2.42. The van der Waals surface area contributed by atoms with Gasteiger partial charge in [0, 0.05) is 0 Å². The van der Waals surface area contributed by atoms with Gasteiger partial charge in [-0.05, 0) is 31.2 Å². The summed E-state index contributed by atoms with van der Waals surface area (Å²) in [5.41, 5.74) is -0.527. The lowest BCUT2D eigenvalue weighted by molar-refractivity contribution is -0.144. The standard InChI is InChI=1S/C15H20O2.2H2S/c1-12(16)15(17,13-8-4-2-5-9-13)14-10-6-3-7-11-14;;/h2,4-5,8-9,14,17H,3,6-7,10-11H2,1H3;2*1H2/t15-;;/m0../s1. The van der Waals surface area contributed by atoms with Crippen molar-refractivity contribution >= 4 is 32.8 Å². The van der Waals surface area contributed by atoms with Crippen molar-refractivity contribution in [1.29, 1.82) is 0 Å². The van der Waals surface area contributed by atoms with Gasteiger partial charge in [0.2, 0.25) is 0 Å². The number of rotatable bonds is 3. The summed E-state index contributed by atoms with van der Waals surface area (Å²) in [7, 11) is 0. The molecule has 0 radical (unpaired) electrons. The molecule has 0 spiro atoms. The van der Waals surface area contributed by atoms with Crippen LogP contribution in [0.3, 0.4) is 0 Å². The molecular formula is C15H24O2S2. The van der Waals surface area contributed by atoms with Gasteiger partial charge in [0.25, 0.3) is 0 Å². The van der Waals surface area contributed by atoms with E-state index in [9.17, 15) is 9.90 Å². The summed E-state index contributed by atoms with van der Waals surface area (Å²) in [5.74, 6) is -0.0493. The van der Waals surface area contributed by atoms with Gasteiger partial charge in [-0.25, -0.2) is 0 Å². The Bertz CT molecular complexity index is 388. The molecule has 1 aliphatic rings. The number of ketones is 1. The molecule has 1 fully saturated rings. The Morgan fingerprint density at radius 3 is 2.11 bits per heavy atom. The van der Waals surface area contributed by atoms with Crippen molar-refractivity contribution in [3.05, 3.63) is 35.9 Å². The number of carbonyl (C=O) groups is 1. The van der Waals surface area contributed by atoms with Crippen molar-refractivity contribution in [1.82, 2.24) is 0 Å². The highest BCUT2D eigenvalue weighted by atomic mass is 32.1. The second kappa shape index (κ2) is 7.98. The molecule has 0 bridgehead atoms. The van der Waals surface area contributed by atoms with E-state index in [1.54, 1.807) is 0 Å². The van der Waals surface area contributed by atoms with E-state index < -0.39 is 5.60 Å². The van der Waals surface area contributed by atoms with Crippen LogP contribution in [-0.4, -0.2) is 10.9 Å². The van der Waals surface area contributed by atoms with Gasteiger partial charge in [0.1, 0.15) is 0 Å². The monoisotopic (exact) mass is 300 g/mol. The molecule has 1 N–H and O–H groups in total. The normalized spacial score (nSPS) is 18.6. The molecular weight excluding hydrogens is 276 g/mol. The van der Waals surface area contributed by atoms with Gasteiger partial charge < -0.3 is 5.11 Å². The molecule has 0 aliphatic heterocycles. The van der Waals surface area contributed by atoms with Gasteiger partial charge >= 0.3 is 0 Å². The van der Waals surface area contributed by atoms with E-state index in [-0.39, 0.29) is 38.7 Å². The molecule has 2 nitrogen and oxygen atoms in total. The van der Waals surface area contributed by atoms with Crippen molar-refractivity contribution in [2.45, 2.75) is 44.6 Å². The molecule has 0 heterocycles. The van der Waals surface area contributed by atoms with Gasteiger partial charge in [-0.2, -0.15) is 27.0 Å². The zero-order valence-corrected chi connectivity index (χ0v) is 13.4. The predicted octanol–water partition coefficient (Wildman–Crippen LogP) is 3.27. The Balaban J connectivity index is 0.00000162. The third kappa shape index (κ3) is 3.77. The summed E-state index contributed by atoms with van der Waals surface area (Å²) in [6, 6.07) is 9.38. The molecule has 0 aromatic heterocycles. The largest absolute Gasteiger partial charge is 0.377 e. The van der Waals surface area contributed by atoms with Crippen LogP contribution in [0.2, 0.25) is 0 Å². The summed E-state index contributed by atoms with van der Waals surface area (Å²) in [4.78, 5) is 11.9. The van der Waals surface area contributed by atoms with Gasteiger partial charge in [0.05, 0.1) is 0 Å². The van der Waals surface area contributed by atoms with E-state index in [2.05, 4.69) is 0 Å². The lowest BCUT2D eigenvalue weighted by Gasteiger charge is -2.37. The third-order valence-electron chi connectivity index (χ3n) is 3.95. The van der Waals surface area contributed by atoms with E-state index in [4.69, 9.17) is 0 Å². The molecule has 19 heavy (non-hydrogen) atoms. The van der Waals surface area contributed by atoms with Crippen LogP contribution in [0, 0.1) is 5.92 Å². The molecule has 108 valence electrons. The fourth-order valence-electron chi connectivity index (χ4n) is 2.94. The summed E-state index contributed by atoms with van der Waals surface area (Å²) in [5, 5.41) is 10.8. The van der Waals surface area contributed by atoms with Crippen molar-refractivity contribution in [2.75, 3.05) is 0 Å². The van der Waals surface area contributed by atoms with E-state index in [1.165, 1.54) is 13.3 Å². The quantitative estimate of drug-likeness (QED) is 0.930. The Hall–Kier alpha value is -0.450. The van der Waals surface area contributed by atoms with Crippen LogP contribution in [0.1, 0.15) is 44.6 Å². The molecule has 1 aliphatic carbocycles. The first kappa shape index (κ1) is 18.6. The van der Waals surface area contributed by atoms with Crippen molar-refractivity contribution < 1.29 is 9.90 Å². The minimum atomic E-state index is -1.28. The maximum Gasteiger partial charge on any atom is 0.166 e. The van der Waals surface area contributed by atoms with Crippen LogP contribution < -0.4 is 0 Å². The van der Waals surface area contributed by atoms with Crippen LogP contribution in [0.5, 0.6) is 0 Å². The third-order valence-corrected chi connectivity index (χ3v) is 3.95. The van der Waals surface area contributed by atoms with Crippen molar-refractivity contribution in [3.63, 3.8) is 0 Å². The molecule has 0 unspecified atom stereocenters. The van der Waals surface area contributed by atoms with Gasteiger partial charge in [0.15, 0.2) is 11.4 Å². The van der Waals surface area contributed by atoms with E-state index in [0.29, 0.717) is 0 Å². The smallest absolute Gasteiger partial charge is 0.166 e. The van der Waals surface area contributed by atoms with Crippen LogP contribution in [0.4, 0.5) is 0 Å². The first-order valence-electron chi connectivity index (χ1n) is 6.44. The number of carbonyl (C=O) groups excluding carboxylic acids is 1. The predicted molar refractivity (Wildman–Crippen MR) is 88.4 cm³/mol.